The predicted molar refractivity (Wildman–Crippen MR) is 48.7 cm³/mol. The van der Waals surface area contributed by atoms with E-state index in [-0.39, 0.29) is 0 Å². The fraction of sp³-hybridized carbons (Fsp3) is 0.100. The van der Waals surface area contributed by atoms with E-state index in [9.17, 15) is 0 Å². The van der Waals surface area contributed by atoms with Gasteiger partial charge in [-0.25, -0.2) is 0 Å². The minimum absolute atomic E-state index is 0.596. The number of hydrogen-bond donors (Lipinski definition) is 1. The highest BCUT2D eigenvalue weighted by molar-refractivity contribution is 5.50. The van der Waals surface area contributed by atoms with E-state index in [4.69, 9.17) is 5.73 Å². The summed E-state index contributed by atoms with van der Waals surface area (Å²) in [4.78, 5) is 0. The van der Waals surface area contributed by atoms with Crippen molar-refractivity contribution in [2.24, 2.45) is 5.73 Å². The number of benzene rings is 1. The first-order valence-corrected chi connectivity index (χ1v) is 3.61. The molecule has 0 aliphatic rings. The lowest BCUT2D eigenvalue weighted by molar-refractivity contribution is 1.07. The van der Waals surface area contributed by atoms with Crippen LogP contribution in [-0.2, 0) is 6.54 Å². The largest absolute Gasteiger partial charge is 0.326 e. The van der Waals surface area contributed by atoms with Crippen LogP contribution in [0.3, 0.4) is 0 Å². The Balaban J connectivity index is 2.91. The Morgan fingerprint density at radius 3 is 2.91 bits per heavy atom. The Morgan fingerprint density at radius 2 is 2.27 bits per heavy atom. The summed E-state index contributed by atoms with van der Waals surface area (Å²) in [5.74, 6) is 0. The lowest BCUT2D eigenvalue weighted by atomic mass is 10.1. The van der Waals surface area contributed by atoms with E-state index in [1.54, 1.807) is 6.08 Å². The molecular weight excluding hydrogens is 134 g/mol. The van der Waals surface area contributed by atoms with Crippen molar-refractivity contribution in [2.75, 3.05) is 0 Å². The molecule has 1 rings (SSSR count). The highest BCUT2D eigenvalue weighted by Crippen LogP contribution is 2.05. The maximum atomic E-state index is 5.48. The number of hydrogen-bond acceptors (Lipinski definition) is 1. The number of nitrogens with two attached hydrogens (primary N) is 1. The van der Waals surface area contributed by atoms with Gasteiger partial charge in [-0.1, -0.05) is 36.4 Å². The summed E-state index contributed by atoms with van der Waals surface area (Å²) in [7, 11) is 0. The molecule has 57 valence electrons. The Bertz CT molecular complexity index is 251. The summed E-state index contributed by atoms with van der Waals surface area (Å²) >= 11 is 0. The molecule has 0 aliphatic carbocycles. The highest BCUT2D eigenvalue weighted by atomic mass is 14.5. The summed E-state index contributed by atoms with van der Waals surface area (Å²) in [5, 5.41) is 0. The number of allylic oxidation sites excluding steroid dienone is 1. The van der Waals surface area contributed by atoms with Crippen molar-refractivity contribution in [1.82, 2.24) is 0 Å². The van der Waals surface area contributed by atoms with E-state index in [1.165, 1.54) is 0 Å². The van der Waals surface area contributed by atoms with Gasteiger partial charge in [0.05, 0.1) is 0 Å². The molecule has 0 spiro atoms. The fourth-order valence-corrected chi connectivity index (χ4v) is 0.960. The molecule has 0 bridgehead atoms. The van der Waals surface area contributed by atoms with Crippen LogP contribution in [0.25, 0.3) is 6.08 Å². The van der Waals surface area contributed by atoms with Crippen molar-refractivity contribution in [3.05, 3.63) is 48.4 Å². The molecule has 0 saturated heterocycles. The maximum Gasteiger partial charge on any atom is 0.0178 e. The maximum absolute atomic E-state index is 5.48. The summed E-state index contributed by atoms with van der Waals surface area (Å²) < 4.78 is 0. The van der Waals surface area contributed by atoms with E-state index in [1.807, 2.05) is 24.3 Å². The first-order chi connectivity index (χ1) is 5.36. The third-order valence-corrected chi connectivity index (χ3v) is 1.50. The number of rotatable bonds is 2. The molecule has 2 N–H and O–H groups in total. The molecular formula is C10H12N. The minimum Gasteiger partial charge on any atom is -0.326 e. The molecule has 0 saturated carbocycles. The second kappa shape index (κ2) is 3.94. The summed E-state index contributed by atoms with van der Waals surface area (Å²) in [6.07, 6.45) is 3.73. The molecule has 0 atom stereocenters. The summed E-state index contributed by atoms with van der Waals surface area (Å²) in [6.45, 7) is 4.22. The normalized spacial score (nSPS) is 10.7. The Morgan fingerprint density at radius 1 is 1.45 bits per heavy atom. The second-order valence-electron chi connectivity index (χ2n) is 2.35. The summed E-state index contributed by atoms with van der Waals surface area (Å²) in [6, 6.07) is 8.10. The summed E-state index contributed by atoms with van der Waals surface area (Å²) in [5.41, 5.74) is 7.78. The molecule has 1 nitrogen and oxygen atoms in total. The average molecular weight is 146 g/mol. The van der Waals surface area contributed by atoms with E-state index in [0.717, 1.165) is 11.1 Å². The van der Waals surface area contributed by atoms with E-state index in [0.29, 0.717) is 6.54 Å². The zero-order valence-electron chi connectivity index (χ0n) is 6.46. The van der Waals surface area contributed by atoms with Crippen molar-refractivity contribution < 1.29 is 0 Å². The minimum atomic E-state index is 0.596. The predicted octanol–water partition coefficient (Wildman–Crippen LogP) is 1.99. The molecule has 1 aromatic rings. The zero-order chi connectivity index (χ0) is 8.10. The van der Waals surface area contributed by atoms with Gasteiger partial charge in [-0.2, -0.15) is 0 Å². The lowest BCUT2D eigenvalue weighted by Gasteiger charge is -1.97. The van der Waals surface area contributed by atoms with Crippen LogP contribution in [-0.4, -0.2) is 0 Å². The van der Waals surface area contributed by atoms with Gasteiger partial charge in [0.1, 0.15) is 0 Å². The van der Waals surface area contributed by atoms with Gasteiger partial charge in [-0.15, -0.1) is 0 Å². The molecule has 1 aromatic carbocycles. The van der Waals surface area contributed by atoms with Crippen LogP contribution in [0.15, 0.2) is 30.3 Å². The van der Waals surface area contributed by atoms with Gasteiger partial charge in [-0.3, -0.25) is 0 Å². The topological polar surface area (TPSA) is 26.0 Å². The third-order valence-electron chi connectivity index (χ3n) is 1.50. The molecule has 1 radical (unpaired) electrons. The van der Waals surface area contributed by atoms with Crippen LogP contribution in [0.4, 0.5) is 0 Å². The van der Waals surface area contributed by atoms with Crippen molar-refractivity contribution in [3.8, 4) is 0 Å². The standard InChI is InChI=1S/C10H12N/c1-2-4-9-5-3-6-10(7-9)8-11/h2-7H,1,8,11H2. The molecule has 0 unspecified atom stereocenters. The molecule has 11 heavy (non-hydrogen) atoms. The highest BCUT2D eigenvalue weighted by Gasteiger charge is 1.88. The van der Waals surface area contributed by atoms with Gasteiger partial charge in [0.25, 0.3) is 0 Å². The molecule has 0 fully saturated rings. The third kappa shape index (κ3) is 2.20. The average Bonchev–Trinajstić information content (AvgIpc) is 2.06. The quantitative estimate of drug-likeness (QED) is 0.678. The van der Waals surface area contributed by atoms with Crippen LogP contribution in [0.1, 0.15) is 11.1 Å². The SMILES string of the molecule is [CH2]C=Cc1cccc(CN)c1. The molecule has 0 aliphatic heterocycles. The van der Waals surface area contributed by atoms with Crippen molar-refractivity contribution >= 4 is 6.08 Å². The lowest BCUT2D eigenvalue weighted by Crippen LogP contribution is -1.95. The Kier molecular flexibility index (Phi) is 2.87. The van der Waals surface area contributed by atoms with Gasteiger partial charge in [0, 0.05) is 6.54 Å². The Hall–Kier alpha value is -1.08. The Labute approximate surface area is 67.5 Å². The molecule has 0 heterocycles. The van der Waals surface area contributed by atoms with Crippen LogP contribution in [0.2, 0.25) is 0 Å². The van der Waals surface area contributed by atoms with Crippen LogP contribution >= 0.6 is 0 Å². The van der Waals surface area contributed by atoms with Gasteiger partial charge >= 0.3 is 0 Å². The fourth-order valence-electron chi connectivity index (χ4n) is 0.960. The van der Waals surface area contributed by atoms with E-state index in [2.05, 4.69) is 13.0 Å². The van der Waals surface area contributed by atoms with Gasteiger partial charge < -0.3 is 5.73 Å². The molecule has 1 heteroatoms. The van der Waals surface area contributed by atoms with Crippen LogP contribution in [0.5, 0.6) is 0 Å². The second-order valence-corrected chi connectivity index (χ2v) is 2.35. The van der Waals surface area contributed by atoms with Gasteiger partial charge in [0.2, 0.25) is 0 Å². The molecule has 0 aromatic heterocycles. The first-order valence-electron chi connectivity index (χ1n) is 3.61. The van der Waals surface area contributed by atoms with Crippen molar-refractivity contribution in [1.29, 1.82) is 0 Å². The molecule has 0 amide bonds. The monoisotopic (exact) mass is 146 g/mol. The van der Waals surface area contributed by atoms with E-state index < -0.39 is 0 Å². The van der Waals surface area contributed by atoms with Gasteiger partial charge in [-0.05, 0) is 18.1 Å². The van der Waals surface area contributed by atoms with Crippen molar-refractivity contribution in [3.63, 3.8) is 0 Å². The van der Waals surface area contributed by atoms with Crippen molar-refractivity contribution in [2.45, 2.75) is 6.54 Å². The smallest absolute Gasteiger partial charge is 0.0178 e. The van der Waals surface area contributed by atoms with E-state index >= 15 is 0 Å². The first kappa shape index (κ1) is 8.02. The van der Waals surface area contributed by atoms with Crippen LogP contribution in [0, 0.1) is 6.92 Å². The van der Waals surface area contributed by atoms with Gasteiger partial charge in [0.15, 0.2) is 0 Å². The zero-order valence-corrected chi connectivity index (χ0v) is 6.46. The van der Waals surface area contributed by atoms with Crippen LogP contribution < -0.4 is 5.73 Å².